The van der Waals surface area contributed by atoms with E-state index >= 15 is 0 Å². The molecule has 0 fully saturated rings. The van der Waals surface area contributed by atoms with Crippen molar-refractivity contribution in [2.75, 3.05) is 25.1 Å². The van der Waals surface area contributed by atoms with Crippen LogP contribution in [0.25, 0.3) is 0 Å². The van der Waals surface area contributed by atoms with Crippen molar-refractivity contribution in [2.24, 2.45) is 7.05 Å². The van der Waals surface area contributed by atoms with Crippen LogP contribution in [0.15, 0.2) is 15.5 Å². The van der Waals surface area contributed by atoms with E-state index in [-0.39, 0.29) is 5.56 Å². The summed E-state index contributed by atoms with van der Waals surface area (Å²) in [7, 11) is 1.61. The molecule has 1 aromatic rings. The van der Waals surface area contributed by atoms with Crippen molar-refractivity contribution in [3.05, 3.63) is 21.0 Å². The molecule has 15 heavy (non-hydrogen) atoms. The predicted octanol–water partition coefficient (Wildman–Crippen LogP) is 0.991. The Bertz CT molecular complexity index is 378. The monoisotopic (exact) mass is 275 g/mol. The van der Waals surface area contributed by atoms with Crippen molar-refractivity contribution >= 4 is 21.6 Å². The summed E-state index contributed by atoms with van der Waals surface area (Å²) < 4.78 is 6.94. The van der Waals surface area contributed by atoms with E-state index in [0.717, 1.165) is 0 Å². The van der Waals surface area contributed by atoms with Crippen molar-refractivity contribution in [2.45, 2.75) is 6.92 Å². The van der Waals surface area contributed by atoms with Crippen LogP contribution in [0.5, 0.6) is 0 Å². The van der Waals surface area contributed by atoms with E-state index in [2.05, 4.69) is 26.3 Å². The van der Waals surface area contributed by atoms with Crippen molar-refractivity contribution < 1.29 is 4.74 Å². The standard InChI is InChI=1S/C9H14BrN3O2/c1-3-15-5-4-11-7-6-12-13(2)9(14)8(7)10/h6,11H,3-5H2,1-2H3. The summed E-state index contributed by atoms with van der Waals surface area (Å²) in [4.78, 5) is 11.5. The maximum atomic E-state index is 11.5. The van der Waals surface area contributed by atoms with E-state index in [1.165, 1.54) is 4.68 Å². The highest BCUT2D eigenvalue weighted by molar-refractivity contribution is 9.10. The van der Waals surface area contributed by atoms with Gasteiger partial charge in [0.15, 0.2) is 0 Å². The summed E-state index contributed by atoms with van der Waals surface area (Å²) in [6.07, 6.45) is 1.61. The van der Waals surface area contributed by atoms with E-state index < -0.39 is 0 Å². The number of halogens is 1. The van der Waals surface area contributed by atoms with E-state index in [0.29, 0.717) is 29.9 Å². The zero-order valence-electron chi connectivity index (χ0n) is 8.79. The molecule has 0 saturated carbocycles. The predicted molar refractivity (Wildman–Crippen MR) is 62.2 cm³/mol. The molecule has 0 unspecified atom stereocenters. The number of hydrogen-bond acceptors (Lipinski definition) is 4. The van der Waals surface area contributed by atoms with Gasteiger partial charge in [-0.3, -0.25) is 4.79 Å². The van der Waals surface area contributed by atoms with Crippen molar-refractivity contribution in [1.29, 1.82) is 0 Å². The highest BCUT2D eigenvalue weighted by Crippen LogP contribution is 2.14. The van der Waals surface area contributed by atoms with Crippen LogP contribution in [0.4, 0.5) is 5.69 Å². The van der Waals surface area contributed by atoms with E-state index in [1.54, 1.807) is 13.2 Å². The summed E-state index contributed by atoms with van der Waals surface area (Å²) in [5.41, 5.74) is 0.536. The summed E-state index contributed by atoms with van der Waals surface area (Å²) in [6.45, 7) is 3.90. The Morgan fingerprint density at radius 3 is 3.07 bits per heavy atom. The average molecular weight is 276 g/mol. The van der Waals surface area contributed by atoms with Gasteiger partial charge in [0.1, 0.15) is 4.47 Å². The number of rotatable bonds is 5. The fourth-order valence-electron chi connectivity index (χ4n) is 1.04. The molecule has 0 aliphatic rings. The molecule has 0 spiro atoms. The van der Waals surface area contributed by atoms with Gasteiger partial charge in [-0.05, 0) is 22.9 Å². The molecule has 0 atom stereocenters. The van der Waals surface area contributed by atoms with Crippen LogP contribution in [-0.2, 0) is 11.8 Å². The van der Waals surface area contributed by atoms with E-state index in [9.17, 15) is 4.79 Å². The van der Waals surface area contributed by atoms with Crippen LogP contribution >= 0.6 is 15.9 Å². The van der Waals surface area contributed by atoms with Gasteiger partial charge in [0.25, 0.3) is 5.56 Å². The Morgan fingerprint density at radius 2 is 2.40 bits per heavy atom. The quantitative estimate of drug-likeness (QED) is 0.815. The number of aryl methyl sites for hydroxylation is 1. The molecule has 5 nitrogen and oxygen atoms in total. The van der Waals surface area contributed by atoms with E-state index in [1.807, 2.05) is 6.92 Å². The molecule has 6 heteroatoms. The third-order valence-electron chi connectivity index (χ3n) is 1.84. The molecular formula is C9H14BrN3O2. The van der Waals surface area contributed by atoms with Crippen LogP contribution in [0.2, 0.25) is 0 Å². The first-order valence-corrected chi connectivity index (χ1v) is 5.49. The number of ether oxygens (including phenoxy) is 1. The molecule has 0 saturated heterocycles. The summed E-state index contributed by atoms with van der Waals surface area (Å²) in [5, 5.41) is 6.98. The lowest BCUT2D eigenvalue weighted by atomic mass is 10.4. The lowest BCUT2D eigenvalue weighted by Gasteiger charge is -2.08. The SMILES string of the molecule is CCOCCNc1cnn(C)c(=O)c1Br. The Labute approximate surface area is 96.6 Å². The summed E-state index contributed by atoms with van der Waals surface area (Å²) in [6, 6.07) is 0. The minimum absolute atomic E-state index is 0.156. The molecule has 1 aromatic heterocycles. The van der Waals surface area contributed by atoms with Crippen LogP contribution in [0, 0.1) is 0 Å². The maximum Gasteiger partial charge on any atom is 0.282 e. The van der Waals surface area contributed by atoms with Crippen LogP contribution in [-0.4, -0.2) is 29.5 Å². The molecule has 0 bridgehead atoms. The zero-order chi connectivity index (χ0) is 11.3. The first-order valence-electron chi connectivity index (χ1n) is 4.70. The number of aromatic nitrogens is 2. The van der Waals surface area contributed by atoms with Gasteiger partial charge in [-0.1, -0.05) is 0 Å². The van der Waals surface area contributed by atoms with Gasteiger partial charge < -0.3 is 10.1 Å². The second kappa shape index (κ2) is 5.87. The second-order valence-electron chi connectivity index (χ2n) is 2.92. The van der Waals surface area contributed by atoms with Gasteiger partial charge in [0.05, 0.1) is 18.5 Å². The van der Waals surface area contributed by atoms with Crippen LogP contribution < -0.4 is 10.9 Å². The minimum atomic E-state index is -0.156. The van der Waals surface area contributed by atoms with Gasteiger partial charge in [-0.25, -0.2) is 4.68 Å². The zero-order valence-corrected chi connectivity index (χ0v) is 10.4. The lowest BCUT2D eigenvalue weighted by molar-refractivity contribution is 0.158. The van der Waals surface area contributed by atoms with Crippen LogP contribution in [0.3, 0.4) is 0 Å². The topological polar surface area (TPSA) is 56.1 Å². The fourth-order valence-corrected chi connectivity index (χ4v) is 1.54. The first kappa shape index (κ1) is 12.2. The molecule has 0 aromatic carbocycles. The number of nitrogens with zero attached hydrogens (tertiary/aromatic N) is 2. The molecule has 0 radical (unpaired) electrons. The maximum absolute atomic E-state index is 11.5. The van der Waals surface area contributed by atoms with Gasteiger partial charge >= 0.3 is 0 Å². The highest BCUT2D eigenvalue weighted by atomic mass is 79.9. The van der Waals surface area contributed by atoms with Crippen molar-refractivity contribution in [3.8, 4) is 0 Å². The van der Waals surface area contributed by atoms with Gasteiger partial charge in [-0.15, -0.1) is 0 Å². The number of anilines is 1. The van der Waals surface area contributed by atoms with Gasteiger partial charge in [0, 0.05) is 20.2 Å². The summed E-state index contributed by atoms with van der Waals surface area (Å²) >= 11 is 3.22. The second-order valence-corrected chi connectivity index (χ2v) is 3.72. The molecule has 1 N–H and O–H groups in total. The first-order chi connectivity index (χ1) is 7.16. The summed E-state index contributed by atoms with van der Waals surface area (Å²) in [5.74, 6) is 0. The molecule has 0 amide bonds. The number of nitrogens with one attached hydrogen (secondary N) is 1. The Morgan fingerprint density at radius 1 is 1.67 bits per heavy atom. The van der Waals surface area contributed by atoms with Gasteiger partial charge in [0.2, 0.25) is 0 Å². The average Bonchev–Trinajstić information content (AvgIpc) is 2.24. The Hall–Kier alpha value is -0.880. The van der Waals surface area contributed by atoms with E-state index in [4.69, 9.17) is 4.74 Å². The smallest absolute Gasteiger partial charge is 0.282 e. The Kier molecular flexibility index (Phi) is 4.77. The Balaban J connectivity index is 2.62. The number of hydrogen-bond donors (Lipinski definition) is 1. The normalized spacial score (nSPS) is 10.3. The third kappa shape index (κ3) is 3.32. The molecule has 0 aliphatic carbocycles. The molecule has 0 aliphatic heterocycles. The van der Waals surface area contributed by atoms with Crippen LogP contribution in [0.1, 0.15) is 6.92 Å². The largest absolute Gasteiger partial charge is 0.380 e. The molecule has 1 heterocycles. The molecule has 1 rings (SSSR count). The minimum Gasteiger partial charge on any atom is -0.380 e. The van der Waals surface area contributed by atoms with Crippen molar-refractivity contribution in [1.82, 2.24) is 9.78 Å². The molecular weight excluding hydrogens is 262 g/mol. The third-order valence-corrected chi connectivity index (χ3v) is 2.61. The fraction of sp³-hybridized carbons (Fsp3) is 0.556. The highest BCUT2D eigenvalue weighted by Gasteiger charge is 2.05. The van der Waals surface area contributed by atoms with Gasteiger partial charge in [-0.2, -0.15) is 5.10 Å². The molecule has 84 valence electrons. The van der Waals surface area contributed by atoms with Crippen molar-refractivity contribution in [3.63, 3.8) is 0 Å². The lowest BCUT2D eigenvalue weighted by Crippen LogP contribution is -2.22.